The Labute approximate surface area is 113 Å². The molecule has 0 heterocycles. The summed E-state index contributed by atoms with van der Waals surface area (Å²) in [6, 6.07) is 9.15. The van der Waals surface area contributed by atoms with Gasteiger partial charge in [0.2, 0.25) is 0 Å². The van der Waals surface area contributed by atoms with Crippen molar-refractivity contribution in [1.29, 1.82) is 0 Å². The first kappa shape index (κ1) is 13.5. The zero-order chi connectivity index (χ0) is 13.7. The number of hydrogen-bond donors (Lipinski definition) is 0. The van der Waals surface area contributed by atoms with E-state index in [0.717, 1.165) is 24.8 Å². The molecule has 1 saturated carbocycles. The maximum absolute atomic E-state index is 12.1. The summed E-state index contributed by atoms with van der Waals surface area (Å²) in [4.78, 5) is 23.4. The van der Waals surface area contributed by atoms with Crippen LogP contribution in [0.5, 0.6) is 0 Å². The number of carbonyl (C=O) groups excluding carboxylic acids is 2. The van der Waals surface area contributed by atoms with Crippen LogP contribution in [0.2, 0.25) is 0 Å². The van der Waals surface area contributed by atoms with Crippen molar-refractivity contribution in [1.82, 2.24) is 0 Å². The fourth-order valence-corrected chi connectivity index (χ4v) is 2.23. The molecule has 1 fully saturated rings. The average Bonchev–Trinajstić information content (AvgIpc) is 2.86. The lowest BCUT2D eigenvalue weighted by atomic mass is 10.1. The van der Waals surface area contributed by atoms with Crippen molar-refractivity contribution in [2.75, 3.05) is 0 Å². The number of esters is 1. The van der Waals surface area contributed by atoms with Gasteiger partial charge in [-0.05, 0) is 30.9 Å². The maximum Gasteiger partial charge on any atom is 0.306 e. The third-order valence-corrected chi connectivity index (χ3v) is 3.28. The number of allylic oxidation sites excluding steroid dienone is 1. The molecular formula is C16H18O3. The minimum atomic E-state index is -0.208. The van der Waals surface area contributed by atoms with Gasteiger partial charge in [0.05, 0.1) is 0 Å². The second kappa shape index (κ2) is 6.32. The molecule has 3 heteroatoms. The van der Waals surface area contributed by atoms with Gasteiger partial charge in [-0.3, -0.25) is 9.59 Å². The van der Waals surface area contributed by atoms with E-state index >= 15 is 0 Å². The van der Waals surface area contributed by atoms with Crippen LogP contribution in [-0.2, 0) is 9.53 Å². The van der Waals surface area contributed by atoms with Gasteiger partial charge in [0.15, 0.2) is 5.78 Å². The van der Waals surface area contributed by atoms with Crippen LogP contribution in [-0.4, -0.2) is 17.9 Å². The molecule has 0 saturated heterocycles. The molecule has 1 atom stereocenters. The van der Waals surface area contributed by atoms with E-state index in [-0.39, 0.29) is 17.9 Å². The van der Waals surface area contributed by atoms with Crippen LogP contribution >= 0.6 is 0 Å². The number of rotatable bonds is 4. The standard InChI is InChI=1S/C16H18O3/c1-2-16(18)19-15-10-6-9-13(15)11-14(17)12-7-4-3-5-8-12/h3-5,7-8,11,15H,2,6,9-10H2,1H3. The van der Waals surface area contributed by atoms with E-state index in [1.165, 1.54) is 0 Å². The molecule has 1 unspecified atom stereocenters. The van der Waals surface area contributed by atoms with Crippen molar-refractivity contribution in [3.05, 3.63) is 47.5 Å². The van der Waals surface area contributed by atoms with Gasteiger partial charge in [-0.15, -0.1) is 0 Å². The van der Waals surface area contributed by atoms with Crippen molar-refractivity contribution >= 4 is 11.8 Å². The van der Waals surface area contributed by atoms with Gasteiger partial charge < -0.3 is 4.74 Å². The van der Waals surface area contributed by atoms with Crippen LogP contribution in [0, 0.1) is 0 Å². The van der Waals surface area contributed by atoms with Crippen LogP contribution < -0.4 is 0 Å². The van der Waals surface area contributed by atoms with Crippen LogP contribution in [0.1, 0.15) is 43.0 Å². The zero-order valence-electron chi connectivity index (χ0n) is 11.1. The fraction of sp³-hybridized carbons (Fsp3) is 0.375. The lowest BCUT2D eigenvalue weighted by Crippen LogP contribution is -2.16. The molecule has 0 N–H and O–H groups in total. The molecule has 0 bridgehead atoms. The summed E-state index contributed by atoms with van der Waals surface area (Å²) in [5.41, 5.74) is 1.61. The molecule has 2 rings (SSSR count). The predicted octanol–water partition coefficient (Wildman–Crippen LogP) is 3.30. The molecular weight excluding hydrogens is 240 g/mol. The average molecular weight is 258 g/mol. The summed E-state index contributed by atoms with van der Waals surface area (Å²) in [6.45, 7) is 1.77. The number of carbonyl (C=O) groups is 2. The Morgan fingerprint density at radius 3 is 2.74 bits per heavy atom. The first-order valence-electron chi connectivity index (χ1n) is 6.70. The fourth-order valence-electron chi connectivity index (χ4n) is 2.23. The minimum Gasteiger partial charge on any atom is -0.458 e. The molecule has 0 aliphatic heterocycles. The smallest absolute Gasteiger partial charge is 0.306 e. The maximum atomic E-state index is 12.1. The molecule has 1 aromatic carbocycles. The minimum absolute atomic E-state index is 0.0185. The molecule has 0 amide bonds. The Kier molecular flexibility index (Phi) is 4.50. The van der Waals surface area contributed by atoms with E-state index in [9.17, 15) is 9.59 Å². The zero-order valence-corrected chi connectivity index (χ0v) is 11.1. The van der Waals surface area contributed by atoms with Gasteiger partial charge in [-0.1, -0.05) is 37.3 Å². The highest BCUT2D eigenvalue weighted by molar-refractivity contribution is 6.05. The topological polar surface area (TPSA) is 43.4 Å². The Morgan fingerprint density at radius 1 is 1.32 bits per heavy atom. The van der Waals surface area contributed by atoms with E-state index in [1.54, 1.807) is 25.1 Å². The Balaban J connectivity index is 2.09. The first-order chi connectivity index (χ1) is 9.20. The Morgan fingerprint density at radius 2 is 2.05 bits per heavy atom. The van der Waals surface area contributed by atoms with Crippen LogP contribution in [0.25, 0.3) is 0 Å². The Hall–Kier alpha value is -1.90. The lowest BCUT2D eigenvalue weighted by Gasteiger charge is -2.13. The molecule has 1 aliphatic rings. The van der Waals surface area contributed by atoms with Crippen LogP contribution in [0.3, 0.4) is 0 Å². The van der Waals surface area contributed by atoms with E-state index in [2.05, 4.69) is 0 Å². The van der Waals surface area contributed by atoms with Crippen molar-refractivity contribution in [3.63, 3.8) is 0 Å². The number of hydrogen-bond acceptors (Lipinski definition) is 3. The second-order valence-corrected chi connectivity index (χ2v) is 4.67. The molecule has 100 valence electrons. The summed E-state index contributed by atoms with van der Waals surface area (Å²) in [5, 5.41) is 0. The molecule has 1 aromatic rings. The van der Waals surface area contributed by atoms with Crippen molar-refractivity contribution in [3.8, 4) is 0 Å². The SMILES string of the molecule is CCC(=O)OC1CCCC1=CC(=O)c1ccccc1. The first-order valence-corrected chi connectivity index (χ1v) is 6.70. The second-order valence-electron chi connectivity index (χ2n) is 4.67. The monoisotopic (exact) mass is 258 g/mol. The molecule has 1 aliphatic carbocycles. The summed E-state index contributed by atoms with van der Waals surface area (Å²) >= 11 is 0. The number of benzene rings is 1. The van der Waals surface area contributed by atoms with Gasteiger partial charge in [0.1, 0.15) is 6.10 Å². The molecule has 3 nitrogen and oxygen atoms in total. The van der Waals surface area contributed by atoms with Crippen molar-refractivity contribution < 1.29 is 14.3 Å². The highest BCUT2D eigenvalue weighted by atomic mass is 16.5. The normalized spacial score (nSPS) is 20.5. The molecule has 0 aromatic heterocycles. The van der Waals surface area contributed by atoms with Gasteiger partial charge in [-0.2, -0.15) is 0 Å². The van der Waals surface area contributed by atoms with Gasteiger partial charge in [0.25, 0.3) is 0 Å². The lowest BCUT2D eigenvalue weighted by molar-refractivity contribution is -0.146. The largest absolute Gasteiger partial charge is 0.458 e. The molecule has 0 spiro atoms. The van der Waals surface area contributed by atoms with Gasteiger partial charge >= 0.3 is 5.97 Å². The van der Waals surface area contributed by atoms with Crippen molar-refractivity contribution in [2.24, 2.45) is 0 Å². The van der Waals surface area contributed by atoms with Gasteiger partial charge in [0, 0.05) is 12.0 Å². The van der Waals surface area contributed by atoms with Crippen LogP contribution in [0.15, 0.2) is 42.0 Å². The highest BCUT2D eigenvalue weighted by Crippen LogP contribution is 2.28. The molecule has 0 radical (unpaired) electrons. The third-order valence-electron chi connectivity index (χ3n) is 3.28. The highest BCUT2D eigenvalue weighted by Gasteiger charge is 2.24. The quantitative estimate of drug-likeness (QED) is 0.473. The van der Waals surface area contributed by atoms with E-state index in [0.29, 0.717) is 12.0 Å². The predicted molar refractivity (Wildman–Crippen MR) is 72.9 cm³/mol. The van der Waals surface area contributed by atoms with E-state index < -0.39 is 0 Å². The van der Waals surface area contributed by atoms with Gasteiger partial charge in [-0.25, -0.2) is 0 Å². The van der Waals surface area contributed by atoms with E-state index in [4.69, 9.17) is 4.74 Å². The molecule has 19 heavy (non-hydrogen) atoms. The Bertz CT molecular complexity index is 488. The van der Waals surface area contributed by atoms with E-state index in [1.807, 2.05) is 18.2 Å². The van der Waals surface area contributed by atoms with Crippen LogP contribution in [0.4, 0.5) is 0 Å². The summed E-state index contributed by atoms with van der Waals surface area (Å²) < 4.78 is 5.35. The number of ether oxygens (including phenoxy) is 1. The summed E-state index contributed by atoms with van der Waals surface area (Å²) in [6.07, 6.45) is 4.42. The number of ketones is 1. The third kappa shape index (κ3) is 3.53. The summed E-state index contributed by atoms with van der Waals surface area (Å²) in [5.74, 6) is -0.222. The summed E-state index contributed by atoms with van der Waals surface area (Å²) in [7, 11) is 0. The van der Waals surface area contributed by atoms with Crippen molar-refractivity contribution in [2.45, 2.75) is 38.7 Å².